The topological polar surface area (TPSA) is 42.0 Å². The van der Waals surface area contributed by atoms with Crippen molar-refractivity contribution in [2.45, 2.75) is 18.7 Å². The van der Waals surface area contributed by atoms with Crippen molar-refractivity contribution in [2.75, 3.05) is 6.54 Å². The van der Waals surface area contributed by atoms with Gasteiger partial charge in [0.1, 0.15) is 0 Å². The van der Waals surface area contributed by atoms with E-state index in [0.29, 0.717) is 12.1 Å². The van der Waals surface area contributed by atoms with Gasteiger partial charge in [-0.15, -0.1) is 11.6 Å². The Morgan fingerprint density at radius 1 is 1.39 bits per heavy atom. The average molecular weight is 263 g/mol. The minimum absolute atomic E-state index is 0.0259. The summed E-state index contributed by atoms with van der Waals surface area (Å²) in [6.45, 7) is 2.47. The molecule has 1 atom stereocenters. The Kier molecular flexibility index (Phi) is 4.15. The van der Waals surface area contributed by atoms with E-state index >= 15 is 0 Å². The SMILES string of the molecule is CCC(Cl)CNC(=O)c1cccc2ncccc12. The normalized spacial score (nSPS) is 12.3. The smallest absolute Gasteiger partial charge is 0.252 e. The lowest BCUT2D eigenvalue weighted by molar-refractivity contribution is 0.0955. The predicted octanol–water partition coefficient (Wildman–Crippen LogP) is 2.98. The Bertz CT molecular complexity index is 551. The van der Waals surface area contributed by atoms with Crippen molar-refractivity contribution in [1.29, 1.82) is 0 Å². The fourth-order valence-corrected chi connectivity index (χ4v) is 1.82. The van der Waals surface area contributed by atoms with Crippen molar-refractivity contribution in [3.63, 3.8) is 0 Å². The maximum Gasteiger partial charge on any atom is 0.252 e. The van der Waals surface area contributed by atoms with E-state index in [1.165, 1.54) is 0 Å². The van der Waals surface area contributed by atoms with Crippen molar-refractivity contribution in [3.05, 3.63) is 42.1 Å². The molecule has 1 heterocycles. The van der Waals surface area contributed by atoms with Crippen LogP contribution in [0.15, 0.2) is 36.5 Å². The molecule has 0 saturated carbocycles. The fraction of sp³-hybridized carbons (Fsp3) is 0.286. The summed E-state index contributed by atoms with van der Waals surface area (Å²) < 4.78 is 0. The summed E-state index contributed by atoms with van der Waals surface area (Å²) in [5.74, 6) is -0.104. The van der Waals surface area contributed by atoms with Crippen LogP contribution in [0.1, 0.15) is 23.7 Å². The van der Waals surface area contributed by atoms with Gasteiger partial charge in [0.15, 0.2) is 0 Å². The van der Waals surface area contributed by atoms with Gasteiger partial charge < -0.3 is 5.32 Å². The molecule has 0 saturated heterocycles. The monoisotopic (exact) mass is 262 g/mol. The molecule has 0 aliphatic rings. The van der Waals surface area contributed by atoms with Gasteiger partial charge in [0.05, 0.1) is 10.9 Å². The molecule has 0 aliphatic heterocycles. The maximum atomic E-state index is 12.1. The molecule has 1 amide bonds. The zero-order chi connectivity index (χ0) is 13.0. The number of nitrogens with one attached hydrogen (secondary N) is 1. The molecular weight excluding hydrogens is 248 g/mol. The number of carbonyl (C=O) groups is 1. The molecule has 1 aromatic carbocycles. The molecule has 0 bridgehead atoms. The van der Waals surface area contributed by atoms with E-state index < -0.39 is 0 Å². The average Bonchev–Trinajstić information content (AvgIpc) is 2.43. The van der Waals surface area contributed by atoms with Crippen LogP contribution in [-0.4, -0.2) is 22.8 Å². The number of rotatable bonds is 4. The minimum atomic E-state index is -0.104. The molecule has 0 fully saturated rings. The molecule has 0 radical (unpaired) electrons. The fourth-order valence-electron chi connectivity index (χ4n) is 1.74. The van der Waals surface area contributed by atoms with Crippen LogP contribution in [0.5, 0.6) is 0 Å². The number of pyridine rings is 1. The van der Waals surface area contributed by atoms with E-state index in [-0.39, 0.29) is 11.3 Å². The number of hydrogen-bond donors (Lipinski definition) is 1. The molecule has 2 rings (SSSR count). The first-order valence-corrected chi connectivity index (χ1v) is 6.42. The second-order valence-electron chi connectivity index (χ2n) is 4.09. The van der Waals surface area contributed by atoms with E-state index in [9.17, 15) is 4.79 Å². The van der Waals surface area contributed by atoms with Gasteiger partial charge >= 0.3 is 0 Å². The van der Waals surface area contributed by atoms with Crippen LogP contribution in [-0.2, 0) is 0 Å². The summed E-state index contributed by atoms with van der Waals surface area (Å²) >= 11 is 5.99. The number of nitrogens with zero attached hydrogens (tertiary/aromatic N) is 1. The summed E-state index contributed by atoms with van der Waals surface area (Å²) in [4.78, 5) is 16.3. The molecule has 4 heteroatoms. The number of alkyl halides is 1. The van der Waals surface area contributed by atoms with Gasteiger partial charge in [0, 0.05) is 23.7 Å². The zero-order valence-electron chi connectivity index (χ0n) is 10.2. The van der Waals surface area contributed by atoms with Crippen molar-refractivity contribution in [1.82, 2.24) is 10.3 Å². The van der Waals surface area contributed by atoms with E-state index in [1.807, 2.05) is 31.2 Å². The molecule has 1 unspecified atom stereocenters. The lowest BCUT2D eigenvalue weighted by Crippen LogP contribution is -2.29. The molecular formula is C14H15ClN2O. The first-order chi connectivity index (χ1) is 8.72. The molecule has 1 aromatic heterocycles. The molecule has 18 heavy (non-hydrogen) atoms. The highest BCUT2D eigenvalue weighted by Gasteiger charge is 2.11. The predicted molar refractivity (Wildman–Crippen MR) is 74.0 cm³/mol. The van der Waals surface area contributed by atoms with Gasteiger partial charge in [-0.1, -0.05) is 19.1 Å². The Morgan fingerprint density at radius 2 is 2.22 bits per heavy atom. The number of benzene rings is 1. The number of aromatic nitrogens is 1. The van der Waals surface area contributed by atoms with Gasteiger partial charge in [0.2, 0.25) is 0 Å². The Hall–Kier alpha value is -1.61. The molecule has 0 spiro atoms. The van der Waals surface area contributed by atoms with Crippen molar-refractivity contribution >= 4 is 28.4 Å². The minimum Gasteiger partial charge on any atom is -0.351 e. The second-order valence-corrected chi connectivity index (χ2v) is 4.71. The summed E-state index contributed by atoms with van der Waals surface area (Å²) in [6, 6.07) is 9.25. The van der Waals surface area contributed by atoms with Gasteiger partial charge in [-0.25, -0.2) is 0 Å². The van der Waals surface area contributed by atoms with Crippen LogP contribution in [0.3, 0.4) is 0 Å². The third kappa shape index (κ3) is 2.79. The highest BCUT2D eigenvalue weighted by Crippen LogP contribution is 2.16. The molecule has 1 N–H and O–H groups in total. The summed E-state index contributed by atoms with van der Waals surface area (Å²) in [5, 5.41) is 3.68. The van der Waals surface area contributed by atoms with E-state index in [2.05, 4.69) is 10.3 Å². The van der Waals surface area contributed by atoms with Gasteiger partial charge in [-0.3, -0.25) is 9.78 Å². The van der Waals surface area contributed by atoms with Crippen molar-refractivity contribution in [2.24, 2.45) is 0 Å². The van der Waals surface area contributed by atoms with E-state index in [4.69, 9.17) is 11.6 Å². The second kappa shape index (κ2) is 5.83. The van der Waals surface area contributed by atoms with Crippen molar-refractivity contribution < 1.29 is 4.79 Å². The zero-order valence-corrected chi connectivity index (χ0v) is 10.9. The third-order valence-electron chi connectivity index (χ3n) is 2.82. The standard InChI is InChI=1S/C14H15ClN2O/c1-2-10(15)9-17-14(18)12-5-3-7-13-11(12)6-4-8-16-13/h3-8,10H,2,9H2,1H3,(H,17,18). The quantitative estimate of drug-likeness (QED) is 0.861. The van der Waals surface area contributed by atoms with Crippen LogP contribution < -0.4 is 5.32 Å². The number of amides is 1. The van der Waals surface area contributed by atoms with Gasteiger partial charge in [0.25, 0.3) is 5.91 Å². The third-order valence-corrected chi connectivity index (χ3v) is 3.28. The van der Waals surface area contributed by atoms with Crippen LogP contribution in [0.25, 0.3) is 10.9 Å². The van der Waals surface area contributed by atoms with Gasteiger partial charge in [-0.2, -0.15) is 0 Å². The Morgan fingerprint density at radius 3 is 3.00 bits per heavy atom. The molecule has 0 aliphatic carbocycles. The molecule has 2 aromatic rings. The van der Waals surface area contributed by atoms with Crippen LogP contribution >= 0.6 is 11.6 Å². The molecule has 3 nitrogen and oxygen atoms in total. The first kappa shape index (κ1) is 12.8. The number of fused-ring (bicyclic) bond motifs is 1. The number of hydrogen-bond acceptors (Lipinski definition) is 2. The molecule has 94 valence electrons. The van der Waals surface area contributed by atoms with Gasteiger partial charge in [-0.05, 0) is 24.6 Å². The Labute approximate surface area is 111 Å². The van der Waals surface area contributed by atoms with Crippen LogP contribution in [0.4, 0.5) is 0 Å². The lowest BCUT2D eigenvalue weighted by Gasteiger charge is -2.10. The van der Waals surface area contributed by atoms with Crippen LogP contribution in [0, 0.1) is 0 Å². The lowest BCUT2D eigenvalue weighted by atomic mass is 10.1. The van der Waals surface area contributed by atoms with Crippen molar-refractivity contribution in [3.8, 4) is 0 Å². The number of carbonyl (C=O) groups excluding carboxylic acids is 1. The number of halogens is 1. The first-order valence-electron chi connectivity index (χ1n) is 5.98. The van der Waals surface area contributed by atoms with Crippen LogP contribution in [0.2, 0.25) is 0 Å². The Balaban J connectivity index is 2.22. The summed E-state index contributed by atoms with van der Waals surface area (Å²) in [5.41, 5.74) is 1.46. The summed E-state index contributed by atoms with van der Waals surface area (Å²) in [7, 11) is 0. The largest absolute Gasteiger partial charge is 0.351 e. The maximum absolute atomic E-state index is 12.1. The van der Waals surface area contributed by atoms with E-state index in [0.717, 1.165) is 17.3 Å². The highest BCUT2D eigenvalue weighted by molar-refractivity contribution is 6.21. The highest BCUT2D eigenvalue weighted by atomic mass is 35.5. The summed E-state index contributed by atoms with van der Waals surface area (Å²) in [6.07, 6.45) is 2.55. The van der Waals surface area contributed by atoms with E-state index in [1.54, 1.807) is 12.3 Å².